The third-order valence-electron chi connectivity index (χ3n) is 8.71. The lowest BCUT2D eigenvalue weighted by Crippen LogP contribution is -2.67. The molecule has 1 saturated carbocycles. The van der Waals surface area contributed by atoms with Gasteiger partial charge in [0, 0.05) is 13.1 Å². The fourth-order valence-corrected chi connectivity index (χ4v) is 6.56. The minimum atomic E-state index is -0.315. The molecule has 3 aliphatic rings. The van der Waals surface area contributed by atoms with Crippen molar-refractivity contribution in [1.29, 1.82) is 0 Å². The maximum Gasteiger partial charge on any atom is 0.246 e. The molecule has 1 aliphatic carbocycles. The third kappa shape index (κ3) is 7.34. The van der Waals surface area contributed by atoms with Crippen molar-refractivity contribution in [2.24, 2.45) is 11.8 Å². The molecular weight excluding hydrogens is 510 g/mol. The van der Waals surface area contributed by atoms with Crippen LogP contribution in [-0.4, -0.2) is 53.3 Å². The van der Waals surface area contributed by atoms with Gasteiger partial charge in [-0.3, -0.25) is 14.5 Å². The molecule has 2 heterocycles. The van der Waals surface area contributed by atoms with Crippen LogP contribution in [-0.2, 0) is 16.1 Å². The lowest BCUT2D eigenvalue weighted by Gasteiger charge is -2.46. The van der Waals surface area contributed by atoms with Gasteiger partial charge in [0.1, 0.15) is 23.6 Å². The molecule has 0 radical (unpaired) electrons. The summed E-state index contributed by atoms with van der Waals surface area (Å²) in [4.78, 5) is 31.6. The highest BCUT2D eigenvalue weighted by atomic mass is 35.5. The van der Waals surface area contributed by atoms with Crippen LogP contribution < -0.4 is 10.1 Å². The van der Waals surface area contributed by atoms with E-state index in [1.807, 2.05) is 47.4 Å². The van der Waals surface area contributed by atoms with Crippen LogP contribution in [0.4, 0.5) is 0 Å². The van der Waals surface area contributed by atoms with E-state index in [4.69, 9.17) is 4.74 Å². The molecule has 2 atom stereocenters. The number of piperidine rings is 1. The summed E-state index contributed by atoms with van der Waals surface area (Å²) in [5.74, 6) is 2.47. The van der Waals surface area contributed by atoms with Crippen LogP contribution in [0.25, 0.3) is 0 Å². The summed E-state index contributed by atoms with van der Waals surface area (Å²) in [5.41, 5.74) is 1.26. The first kappa shape index (κ1) is 29.4. The average molecular weight is 554 g/mol. The number of hydrogen-bond donors (Lipinski definition) is 1. The molecule has 1 N–H and O–H groups in total. The maximum absolute atomic E-state index is 13.7. The highest BCUT2D eigenvalue weighted by Crippen LogP contribution is 2.33. The molecule has 2 aliphatic heterocycles. The number of amides is 2. The summed E-state index contributed by atoms with van der Waals surface area (Å²) in [6.45, 7) is 5.63. The van der Waals surface area contributed by atoms with E-state index in [0.717, 1.165) is 69.7 Å². The molecule has 212 valence electrons. The van der Waals surface area contributed by atoms with Crippen molar-refractivity contribution >= 4 is 24.2 Å². The Bertz CT molecular complexity index is 1050. The van der Waals surface area contributed by atoms with Crippen LogP contribution >= 0.6 is 12.4 Å². The number of likely N-dealkylation sites (tertiary alicyclic amines) is 1. The van der Waals surface area contributed by atoms with E-state index in [2.05, 4.69) is 29.3 Å². The monoisotopic (exact) mass is 553 g/mol. The van der Waals surface area contributed by atoms with Gasteiger partial charge in [0.15, 0.2) is 0 Å². The van der Waals surface area contributed by atoms with Gasteiger partial charge >= 0.3 is 0 Å². The predicted molar refractivity (Wildman–Crippen MR) is 157 cm³/mol. The maximum atomic E-state index is 13.7. The number of nitrogens with one attached hydrogen (secondary N) is 1. The minimum absolute atomic E-state index is 0. The zero-order valence-electron chi connectivity index (χ0n) is 23.2. The van der Waals surface area contributed by atoms with Gasteiger partial charge in [0.2, 0.25) is 11.8 Å². The highest BCUT2D eigenvalue weighted by Gasteiger charge is 2.46. The number of carbonyl (C=O) groups excluding carboxylic acids is 2. The van der Waals surface area contributed by atoms with Gasteiger partial charge in [-0.15, -0.1) is 12.4 Å². The molecule has 7 heteroatoms. The first-order chi connectivity index (χ1) is 18.6. The number of halogens is 1. The van der Waals surface area contributed by atoms with Gasteiger partial charge in [-0.2, -0.15) is 0 Å². The second-order valence-electron chi connectivity index (χ2n) is 11.4. The number of para-hydroxylation sites is 1. The summed E-state index contributed by atoms with van der Waals surface area (Å²) in [6.07, 6.45) is 9.57. The van der Waals surface area contributed by atoms with Gasteiger partial charge in [-0.05, 0) is 86.9 Å². The molecule has 6 nitrogen and oxygen atoms in total. The van der Waals surface area contributed by atoms with E-state index in [9.17, 15) is 9.59 Å². The molecule has 39 heavy (non-hydrogen) atoms. The van der Waals surface area contributed by atoms with Crippen molar-refractivity contribution in [2.75, 3.05) is 19.6 Å². The lowest BCUT2D eigenvalue weighted by molar-refractivity contribution is -0.154. The van der Waals surface area contributed by atoms with Crippen molar-refractivity contribution in [1.82, 2.24) is 15.1 Å². The molecule has 2 aromatic carbocycles. The van der Waals surface area contributed by atoms with Crippen molar-refractivity contribution in [3.63, 3.8) is 0 Å². The highest BCUT2D eigenvalue weighted by molar-refractivity contribution is 5.97. The van der Waals surface area contributed by atoms with Gasteiger partial charge in [-0.25, -0.2) is 0 Å². The summed E-state index contributed by atoms with van der Waals surface area (Å²) in [5, 5.41) is 3.21. The van der Waals surface area contributed by atoms with Crippen LogP contribution in [0, 0.1) is 11.8 Å². The number of hydrogen-bond acceptors (Lipinski definition) is 4. The number of ether oxygens (including phenoxy) is 1. The molecule has 2 saturated heterocycles. The molecule has 2 amide bonds. The Kier molecular flexibility index (Phi) is 10.7. The predicted octanol–water partition coefficient (Wildman–Crippen LogP) is 6.19. The van der Waals surface area contributed by atoms with E-state index in [1.165, 1.54) is 24.8 Å². The van der Waals surface area contributed by atoms with E-state index in [0.29, 0.717) is 12.5 Å². The van der Waals surface area contributed by atoms with Gasteiger partial charge < -0.3 is 15.0 Å². The first-order valence-electron chi connectivity index (χ1n) is 14.8. The molecule has 0 spiro atoms. The second-order valence-corrected chi connectivity index (χ2v) is 11.4. The van der Waals surface area contributed by atoms with Crippen LogP contribution in [0.15, 0.2) is 54.6 Å². The quantitative estimate of drug-likeness (QED) is 0.402. The van der Waals surface area contributed by atoms with Crippen molar-refractivity contribution in [3.8, 4) is 11.5 Å². The zero-order valence-corrected chi connectivity index (χ0v) is 24.0. The average Bonchev–Trinajstić information content (AvgIpc) is 2.96. The molecule has 0 aromatic heterocycles. The van der Waals surface area contributed by atoms with Gasteiger partial charge in [0.05, 0.1) is 0 Å². The number of piperazine rings is 1. The normalized spacial score (nSPS) is 23.3. The van der Waals surface area contributed by atoms with Crippen molar-refractivity contribution in [3.05, 3.63) is 60.2 Å². The Labute approximate surface area is 239 Å². The Morgan fingerprint density at radius 3 is 2.18 bits per heavy atom. The van der Waals surface area contributed by atoms with E-state index >= 15 is 0 Å². The first-order valence-corrected chi connectivity index (χ1v) is 14.8. The Morgan fingerprint density at radius 2 is 1.51 bits per heavy atom. The number of benzene rings is 2. The minimum Gasteiger partial charge on any atom is -0.457 e. The van der Waals surface area contributed by atoms with E-state index in [-0.39, 0.29) is 42.2 Å². The van der Waals surface area contributed by atoms with Crippen molar-refractivity contribution in [2.45, 2.75) is 83.3 Å². The zero-order chi connectivity index (χ0) is 26.3. The number of carbonyl (C=O) groups is 2. The summed E-state index contributed by atoms with van der Waals surface area (Å²) in [6, 6.07) is 17.5. The van der Waals surface area contributed by atoms with E-state index < -0.39 is 0 Å². The van der Waals surface area contributed by atoms with E-state index in [1.54, 1.807) is 0 Å². The fraction of sp³-hybridized carbons (Fsp3) is 0.562. The number of nitrogens with zero attached hydrogens (tertiary/aromatic N) is 2. The fourth-order valence-electron chi connectivity index (χ4n) is 6.56. The Balaban J connectivity index is 0.00000353. The number of rotatable bonds is 9. The van der Waals surface area contributed by atoms with Crippen LogP contribution in [0.5, 0.6) is 11.5 Å². The second kappa shape index (κ2) is 14.2. The SMILES string of the molecule is CCCCN1C(=O)[C@H](C2CCCCC2)NC(=O)[C@@H]1C1CCN(Cc2ccc(Oc3ccccc3)cc2)CC1.Cl. The summed E-state index contributed by atoms with van der Waals surface area (Å²) >= 11 is 0. The molecule has 5 rings (SSSR count). The van der Waals surface area contributed by atoms with Gasteiger partial charge in [-0.1, -0.05) is 62.9 Å². The third-order valence-corrected chi connectivity index (χ3v) is 8.71. The molecule has 2 aromatic rings. The van der Waals surface area contributed by atoms with Crippen LogP contribution in [0.1, 0.15) is 70.3 Å². The topological polar surface area (TPSA) is 61.9 Å². The summed E-state index contributed by atoms with van der Waals surface area (Å²) in [7, 11) is 0. The number of unbranched alkanes of at least 4 members (excludes halogenated alkanes) is 1. The lowest BCUT2D eigenvalue weighted by atomic mass is 9.80. The smallest absolute Gasteiger partial charge is 0.246 e. The largest absolute Gasteiger partial charge is 0.457 e. The van der Waals surface area contributed by atoms with Gasteiger partial charge in [0.25, 0.3) is 0 Å². The van der Waals surface area contributed by atoms with Crippen molar-refractivity contribution < 1.29 is 14.3 Å². The Hall–Kier alpha value is -2.57. The molecule has 0 unspecified atom stereocenters. The Morgan fingerprint density at radius 1 is 0.846 bits per heavy atom. The molecule has 0 bridgehead atoms. The molecule has 3 fully saturated rings. The summed E-state index contributed by atoms with van der Waals surface area (Å²) < 4.78 is 5.92. The van der Waals surface area contributed by atoms with Crippen LogP contribution in [0.2, 0.25) is 0 Å². The van der Waals surface area contributed by atoms with Crippen LogP contribution in [0.3, 0.4) is 0 Å². The molecular formula is C32H44ClN3O3. The standard InChI is InChI=1S/C32H43N3O3.ClH/c1-2-3-20-35-30(31(36)33-29(32(35)37)25-10-6-4-7-11-25)26-18-21-34(22-19-26)23-24-14-16-28(17-15-24)38-27-12-8-5-9-13-27;/h5,8-9,12-17,25-26,29-30H,2-4,6-7,10-11,18-23H2,1H3,(H,33,36);1H/t29-,30-;/m0./s1.